The summed E-state index contributed by atoms with van der Waals surface area (Å²) in [6.45, 7) is 6.15. The van der Waals surface area contributed by atoms with Gasteiger partial charge in [0.25, 0.3) is 5.91 Å². The summed E-state index contributed by atoms with van der Waals surface area (Å²) in [7, 11) is 1.69. The molecule has 1 aliphatic heterocycles. The number of likely N-dealkylation sites (N-methyl/N-ethyl adjacent to an activating group) is 1. The highest BCUT2D eigenvalue weighted by Gasteiger charge is 2.29. The van der Waals surface area contributed by atoms with E-state index in [-0.39, 0.29) is 11.9 Å². The highest BCUT2D eigenvalue weighted by Crippen LogP contribution is 2.33. The van der Waals surface area contributed by atoms with Crippen LogP contribution in [-0.4, -0.2) is 39.3 Å². The highest BCUT2D eigenvalue weighted by molar-refractivity contribution is 8.26. The molecule has 0 N–H and O–H groups in total. The maximum atomic E-state index is 12.2. The summed E-state index contributed by atoms with van der Waals surface area (Å²) in [5.41, 5.74) is 4.49. The van der Waals surface area contributed by atoms with Crippen molar-refractivity contribution in [1.29, 1.82) is 0 Å². The lowest BCUT2D eigenvalue weighted by Crippen LogP contribution is -2.22. The predicted molar refractivity (Wildman–Crippen MR) is 112 cm³/mol. The molecule has 2 aromatic rings. The molecule has 1 aliphatic rings. The van der Waals surface area contributed by atoms with Gasteiger partial charge in [0.15, 0.2) is 0 Å². The van der Waals surface area contributed by atoms with Crippen molar-refractivity contribution in [3.63, 3.8) is 0 Å². The number of aromatic nitrogens is 1. The number of carbonyl (C=O) groups is 2. The molecule has 140 valence electrons. The van der Waals surface area contributed by atoms with Gasteiger partial charge in [-0.1, -0.05) is 24.0 Å². The first kappa shape index (κ1) is 19.4. The maximum Gasteiger partial charge on any atom is 0.338 e. The summed E-state index contributed by atoms with van der Waals surface area (Å²) in [5, 5.41) is 0. The van der Waals surface area contributed by atoms with E-state index in [1.54, 1.807) is 26.1 Å². The van der Waals surface area contributed by atoms with Gasteiger partial charge in [-0.25, -0.2) is 4.79 Å². The average molecular weight is 401 g/mol. The molecule has 2 heterocycles. The number of hydrogen-bond acceptors (Lipinski definition) is 5. The Morgan fingerprint density at radius 1 is 1.26 bits per heavy atom. The first-order valence-corrected chi connectivity index (χ1v) is 9.74. The molecule has 0 radical (unpaired) electrons. The fraction of sp³-hybridized carbons (Fsp3) is 0.250. The van der Waals surface area contributed by atoms with Crippen molar-refractivity contribution in [3.05, 3.63) is 57.8 Å². The Labute approximate surface area is 168 Å². The highest BCUT2D eigenvalue weighted by atomic mass is 32.2. The minimum atomic E-state index is -0.327. The Morgan fingerprint density at radius 3 is 2.48 bits per heavy atom. The Kier molecular flexibility index (Phi) is 5.53. The number of ether oxygens (including phenoxy) is 1. The zero-order valence-corrected chi connectivity index (χ0v) is 17.2. The molecule has 1 aromatic carbocycles. The molecule has 1 saturated heterocycles. The molecular formula is C20H20N2O3S2. The van der Waals surface area contributed by atoms with Crippen LogP contribution in [0.3, 0.4) is 0 Å². The third kappa shape index (κ3) is 3.70. The van der Waals surface area contributed by atoms with Crippen molar-refractivity contribution in [2.24, 2.45) is 0 Å². The Morgan fingerprint density at radius 2 is 1.93 bits per heavy atom. The zero-order valence-electron chi connectivity index (χ0n) is 15.6. The number of hydrogen-bond donors (Lipinski definition) is 0. The van der Waals surface area contributed by atoms with E-state index in [4.69, 9.17) is 17.0 Å². The van der Waals surface area contributed by atoms with Crippen LogP contribution in [0.15, 0.2) is 35.2 Å². The van der Waals surface area contributed by atoms with Crippen molar-refractivity contribution in [2.45, 2.75) is 20.8 Å². The van der Waals surface area contributed by atoms with Gasteiger partial charge in [-0.2, -0.15) is 0 Å². The monoisotopic (exact) mass is 400 g/mol. The third-order valence-electron chi connectivity index (χ3n) is 4.38. The molecule has 7 heteroatoms. The summed E-state index contributed by atoms with van der Waals surface area (Å²) in [4.78, 5) is 26.2. The van der Waals surface area contributed by atoms with Crippen LogP contribution in [0.2, 0.25) is 0 Å². The van der Waals surface area contributed by atoms with E-state index in [2.05, 4.69) is 4.57 Å². The van der Waals surface area contributed by atoms with E-state index in [9.17, 15) is 9.59 Å². The smallest absolute Gasteiger partial charge is 0.338 e. The van der Waals surface area contributed by atoms with E-state index in [0.717, 1.165) is 22.6 Å². The molecule has 0 bridgehead atoms. The minimum absolute atomic E-state index is 0.0754. The van der Waals surface area contributed by atoms with Crippen LogP contribution in [0.4, 0.5) is 0 Å². The molecule has 5 nitrogen and oxygen atoms in total. The maximum absolute atomic E-state index is 12.2. The second-order valence-corrected chi connectivity index (χ2v) is 7.85. The van der Waals surface area contributed by atoms with Gasteiger partial charge in [-0.05, 0) is 62.7 Å². The first-order chi connectivity index (χ1) is 12.8. The van der Waals surface area contributed by atoms with E-state index in [1.165, 1.54) is 16.7 Å². The van der Waals surface area contributed by atoms with E-state index in [1.807, 2.05) is 38.1 Å². The van der Waals surface area contributed by atoms with Gasteiger partial charge >= 0.3 is 5.97 Å². The number of amides is 1. The van der Waals surface area contributed by atoms with Gasteiger partial charge in [-0.15, -0.1) is 0 Å². The number of benzene rings is 1. The summed E-state index contributed by atoms with van der Waals surface area (Å²) in [5.74, 6) is -0.402. The van der Waals surface area contributed by atoms with Gasteiger partial charge < -0.3 is 9.30 Å². The number of nitrogens with zero attached hydrogens (tertiary/aromatic N) is 2. The van der Waals surface area contributed by atoms with E-state index in [0.29, 0.717) is 21.4 Å². The van der Waals surface area contributed by atoms with Crippen LogP contribution in [-0.2, 0) is 9.53 Å². The number of carbonyl (C=O) groups excluding carboxylic acids is 2. The number of rotatable bonds is 4. The molecule has 0 aliphatic carbocycles. The zero-order chi connectivity index (χ0) is 19.7. The van der Waals surface area contributed by atoms with Crippen LogP contribution in [0.1, 0.15) is 34.2 Å². The van der Waals surface area contributed by atoms with E-state index >= 15 is 0 Å². The largest absolute Gasteiger partial charge is 0.462 e. The number of thiocarbonyl (C=S) groups is 1. The number of aryl methyl sites for hydroxylation is 1. The van der Waals surface area contributed by atoms with E-state index < -0.39 is 0 Å². The topological polar surface area (TPSA) is 51.5 Å². The molecule has 0 spiro atoms. The standard InChI is InChI=1S/C20H20N2O3S2/c1-5-25-19(24)14-6-8-16(9-7-14)22-12(2)10-15(13(22)3)11-17-18(23)21(4)20(26)27-17/h6-11H,5H2,1-4H3/b17-11+. The molecule has 27 heavy (non-hydrogen) atoms. The molecule has 0 atom stereocenters. The average Bonchev–Trinajstić information content (AvgIpc) is 3.05. The van der Waals surface area contributed by atoms with Crippen LogP contribution < -0.4 is 0 Å². The van der Waals surface area contributed by atoms with Gasteiger partial charge in [-0.3, -0.25) is 9.69 Å². The van der Waals surface area contributed by atoms with Gasteiger partial charge in [0.1, 0.15) is 4.32 Å². The summed E-state index contributed by atoms with van der Waals surface area (Å²) < 4.78 is 7.68. The lowest BCUT2D eigenvalue weighted by molar-refractivity contribution is -0.121. The van der Waals surface area contributed by atoms with Crippen molar-refractivity contribution in [2.75, 3.05) is 13.7 Å². The van der Waals surface area contributed by atoms with Crippen LogP contribution in [0.5, 0.6) is 0 Å². The van der Waals surface area contributed by atoms with Gasteiger partial charge in [0.05, 0.1) is 17.1 Å². The lowest BCUT2D eigenvalue weighted by Gasteiger charge is -2.10. The summed E-state index contributed by atoms with van der Waals surface area (Å²) in [6, 6.07) is 9.34. The molecule has 3 rings (SSSR count). The Balaban J connectivity index is 1.94. The number of thioether (sulfide) groups is 1. The van der Waals surface area contributed by atoms with Crippen molar-refractivity contribution < 1.29 is 14.3 Å². The SMILES string of the molecule is CCOC(=O)c1ccc(-n2c(C)cc(/C=C3/SC(=S)N(C)C3=O)c2C)cc1. The lowest BCUT2D eigenvalue weighted by atomic mass is 10.2. The van der Waals surface area contributed by atoms with Crippen molar-refractivity contribution in [1.82, 2.24) is 9.47 Å². The summed E-state index contributed by atoms with van der Waals surface area (Å²) >= 11 is 6.50. The van der Waals surface area contributed by atoms with Crippen molar-refractivity contribution in [3.8, 4) is 5.69 Å². The quantitative estimate of drug-likeness (QED) is 0.439. The third-order valence-corrected chi connectivity index (χ3v) is 5.86. The van der Waals surface area contributed by atoms with Crippen molar-refractivity contribution >= 4 is 46.3 Å². The van der Waals surface area contributed by atoms with Crippen LogP contribution >= 0.6 is 24.0 Å². The van der Waals surface area contributed by atoms with Gasteiger partial charge in [0, 0.05) is 24.1 Å². The van der Waals surface area contributed by atoms with Crippen LogP contribution in [0.25, 0.3) is 11.8 Å². The van der Waals surface area contributed by atoms with Crippen LogP contribution in [0, 0.1) is 13.8 Å². The van der Waals surface area contributed by atoms with Gasteiger partial charge in [0.2, 0.25) is 0 Å². The Bertz CT molecular complexity index is 958. The molecule has 1 fully saturated rings. The first-order valence-electron chi connectivity index (χ1n) is 8.51. The molecule has 0 saturated carbocycles. The summed E-state index contributed by atoms with van der Waals surface area (Å²) in [6.07, 6.45) is 1.88. The minimum Gasteiger partial charge on any atom is -0.462 e. The number of esters is 1. The fourth-order valence-corrected chi connectivity index (χ4v) is 4.15. The second-order valence-electron chi connectivity index (χ2n) is 6.17. The predicted octanol–water partition coefficient (Wildman–Crippen LogP) is 4.10. The second kappa shape index (κ2) is 7.70. The normalized spacial score (nSPS) is 15.7. The molecule has 1 aromatic heterocycles. The fourth-order valence-electron chi connectivity index (χ4n) is 2.98. The molecule has 0 unspecified atom stereocenters. The molecular weight excluding hydrogens is 380 g/mol. The Hall–Kier alpha value is -2.38. The molecule has 1 amide bonds.